The van der Waals surface area contributed by atoms with Crippen LogP contribution in [0.4, 0.5) is 0 Å². The number of hydrogen-bond acceptors (Lipinski definition) is 6. The van der Waals surface area contributed by atoms with Crippen LogP contribution < -0.4 is 4.74 Å². The first-order chi connectivity index (χ1) is 18.2. The highest BCUT2D eigenvalue weighted by Gasteiger charge is 2.32. The minimum Gasteiger partial charge on any atom is -0.478 e. The molecule has 188 valence electrons. The topological polar surface area (TPSA) is 126 Å². The minimum atomic E-state index is -1.05. The first-order valence-electron chi connectivity index (χ1n) is 11.8. The highest BCUT2D eigenvalue weighted by Crippen LogP contribution is 2.35. The summed E-state index contributed by atoms with van der Waals surface area (Å²) in [5, 5.41) is 18.3. The van der Waals surface area contributed by atoms with Gasteiger partial charge >= 0.3 is 11.9 Å². The molecule has 5 rings (SSSR count). The summed E-state index contributed by atoms with van der Waals surface area (Å²) < 4.78 is 6.07. The lowest BCUT2D eigenvalue weighted by Crippen LogP contribution is -2.24. The number of benzene rings is 3. The number of ketones is 1. The van der Waals surface area contributed by atoms with Crippen LogP contribution in [0.2, 0.25) is 0 Å². The number of aliphatic imine (C=N–C) groups is 1. The number of aromatic nitrogens is 1. The van der Waals surface area contributed by atoms with E-state index in [1.54, 1.807) is 42.6 Å². The third kappa shape index (κ3) is 4.55. The predicted molar refractivity (Wildman–Crippen MR) is 140 cm³/mol. The van der Waals surface area contributed by atoms with Crippen molar-refractivity contribution in [2.75, 3.05) is 0 Å². The first kappa shape index (κ1) is 24.6. The number of fused-ring (bicyclic) bond motifs is 1. The lowest BCUT2D eigenvalue weighted by Gasteiger charge is -2.23. The summed E-state index contributed by atoms with van der Waals surface area (Å²) in [5.74, 6) is -1.13. The van der Waals surface area contributed by atoms with Gasteiger partial charge in [-0.25, -0.2) is 9.59 Å². The van der Waals surface area contributed by atoms with Crippen LogP contribution in [0.1, 0.15) is 65.1 Å². The SMILES string of the molecule is Cc1cc(C2=NC(c3ccc(C(=O)O)cc3)C(=O)c3cccnc32)cc(C)c1Oc1ccc(C(=O)O)cc1. The van der Waals surface area contributed by atoms with Crippen LogP contribution in [0.15, 0.2) is 84.0 Å². The van der Waals surface area contributed by atoms with Crippen molar-refractivity contribution in [2.24, 2.45) is 4.99 Å². The number of ether oxygens (including phenoxy) is 1. The highest BCUT2D eigenvalue weighted by atomic mass is 16.5. The van der Waals surface area contributed by atoms with Crippen LogP contribution in [0.3, 0.4) is 0 Å². The van der Waals surface area contributed by atoms with Crippen molar-refractivity contribution in [3.8, 4) is 11.5 Å². The van der Waals surface area contributed by atoms with Gasteiger partial charge in [-0.15, -0.1) is 0 Å². The third-order valence-electron chi connectivity index (χ3n) is 6.33. The number of aromatic carboxylic acids is 2. The average Bonchev–Trinajstić information content (AvgIpc) is 2.91. The van der Waals surface area contributed by atoms with Crippen molar-refractivity contribution in [2.45, 2.75) is 19.9 Å². The number of pyridine rings is 1. The van der Waals surface area contributed by atoms with Crippen LogP contribution in [0.5, 0.6) is 11.5 Å². The van der Waals surface area contributed by atoms with Gasteiger partial charge in [0.2, 0.25) is 0 Å². The highest BCUT2D eigenvalue weighted by molar-refractivity contribution is 6.21. The molecule has 1 atom stereocenters. The number of rotatable bonds is 6. The summed E-state index contributed by atoms with van der Waals surface area (Å²) in [4.78, 5) is 45.0. The second-order valence-electron chi connectivity index (χ2n) is 8.94. The summed E-state index contributed by atoms with van der Waals surface area (Å²) in [6.07, 6.45) is 1.61. The molecule has 0 fully saturated rings. The van der Waals surface area contributed by atoms with Crippen LogP contribution in [0.25, 0.3) is 0 Å². The number of Topliss-reactive ketones (excluding diaryl/α,β-unsaturated/α-hetero) is 1. The summed E-state index contributed by atoms with van der Waals surface area (Å²) in [6.45, 7) is 3.79. The summed E-state index contributed by atoms with van der Waals surface area (Å²) in [7, 11) is 0. The Bertz CT molecular complexity index is 1600. The standard InChI is InChI=1S/C30H22N2O6/c1-16-14-21(15-17(2)28(16)38-22-11-9-20(10-12-22)30(36)37)24-26-23(4-3-13-31-26)27(33)25(32-24)18-5-7-19(8-6-18)29(34)35/h3-15,25H,1-2H3,(H,34,35)(H,36,37). The van der Waals surface area contributed by atoms with Crippen LogP contribution in [-0.4, -0.2) is 38.6 Å². The van der Waals surface area contributed by atoms with Gasteiger partial charge in [-0.2, -0.15) is 0 Å². The van der Waals surface area contributed by atoms with Gasteiger partial charge in [0.05, 0.1) is 22.5 Å². The molecule has 0 saturated carbocycles. The average molecular weight is 507 g/mol. The van der Waals surface area contributed by atoms with Crippen LogP contribution in [0, 0.1) is 13.8 Å². The molecule has 3 aromatic carbocycles. The molecule has 0 radical (unpaired) electrons. The predicted octanol–water partition coefficient (Wildman–Crippen LogP) is 5.66. The van der Waals surface area contributed by atoms with Gasteiger partial charge in [-0.05, 0) is 91.2 Å². The normalized spacial score (nSPS) is 14.4. The number of carbonyl (C=O) groups excluding carboxylic acids is 1. The number of nitrogens with zero attached hydrogens (tertiary/aromatic N) is 2. The maximum absolute atomic E-state index is 13.3. The fraction of sp³-hybridized carbons (Fsp3) is 0.100. The summed E-state index contributed by atoms with van der Waals surface area (Å²) in [6, 6.07) is 18.7. The first-order valence-corrected chi connectivity index (χ1v) is 11.8. The van der Waals surface area contributed by atoms with Crippen molar-refractivity contribution in [3.63, 3.8) is 0 Å². The molecule has 1 aliphatic heterocycles. The molecule has 1 aliphatic rings. The maximum atomic E-state index is 13.3. The second kappa shape index (κ2) is 9.74. The fourth-order valence-corrected chi connectivity index (χ4v) is 4.47. The van der Waals surface area contributed by atoms with Gasteiger partial charge in [0, 0.05) is 17.3 Å². The molecule has 8 heteroatoms. The number of carboxylic acids is 2. The molecule has 0 bridgehead atoms. The molecule has 0 saturated heterocycles. The van der Waals surface area contributed by atoms with E-state index in [0.717, 1.165) is 16.7 Å². The zero-order valence-electron chi connectivity index (χ0n) is 20.5. The van der Waals surface area contributed by atoms with Crippen molar-refractivity contribution in [3.05, 3.63) is 124 Å². The van der Waals surface area contributed by atoms with Gasteiger partial charge in [0.1, 0.15) is 17.5 Å². The van der Waals surface area contributed by atoms with E-state index < -0.39 is 18.0 Å². The number of carbonyl (C=O) groups is 3. The van der Waals surface area contributed by atoms with Gasteiger partial charge in [0.25, 0.3) is 0 Å². The summed E-state index contributed by atoms with van der Waals surface area (Å²) in [5.41, 5.74) is 4.76. The Morgan fingerprint density at radius 1 is 0.842 bits per heavy atom. The Balaban J connectivity index is 1.54. The molecular formula is C30H22N2O6. The maximum Gasteiger partial charge on any atom is 0.335 e. The number of hydrogen-bond donors (Lipinski definition) is 2. The lowest BCUT2D eigenvalue weighted by atomic mass is 9.89. The van der Waals surface area contributed by atoms with E-state index in [-0.39, 0.29) is 16.9 Å². The molecule has 2 heterocycles. The zero-order valence-corrected chi connectivity index (χ0v) is 20.5. The van der Waals surface area contributed by atoms with Crippen LogP contribution in [-0.2, 0) is 0 Å². The van der Waals surface area contributed by atoms with Gasteiger partial charge < -0.3 is 14.9 Å². The number of aryl methyl sites for hydroxylation is 2. The molecule has 38 heavy (non-hydrogen) atoms. The van der Waals surface area contributed by atoms with Crippen molar-refractivity contribution in [1.82, 2.24) is 4.98 Å². The Morgan fingerprint density at radius 2 is 1.42 bits per heavy atom. The molecule has 1 unspecified atom stereocenters. The van der Waals surface area contributed by atoms with E-state index in [2.05, 4.69) is 4.98 Å². The molecule has 0 aliphatic carbocycles. The smallest absolute Gasteiger partial charge is 0.335 e. The molecule has 4 aromatic rings. The monoisotopic (exact) mass is 506 g/mol. The summed E-state index contributed by atoms with van der Waals surface area (Å²) >= 11 is 0. The molecular weight excluding hydrogens is 484 g/mol. The minimum absolute atomic E-state index is 0.128. The Hall–Kier alpha value is -5.11. The van der Waals surface area contributed by atoms with Crippen molar-refractivity contribution < 1.29 is 29.3 Å². The molecule has 2 N–H and O–H groups in total. The van der Waals surface area contributed by atoms with Gasteiger partial charge in [-0.3, -0.25) is 14.8 Å². The second-order valence-corrected chi connectivity index (χ2v) is 8.94. The molecule has 0 amide bonds. The molecule has 0 spiro atoms. The van der Waals surface area contributed by atoms with Crippen molar-refractivity contribution >= 4 is 23.4 Å². The van der Waals surface area contributed by atoms with E-state index in [1.807, 2.05) is 26.0 Å². The Labute approximate surface area is 217 Å². The lowest BCUT2D eigenvalue weighted by molar-refractivity contribution is 0.0686. The van der Waals surface area contributed by atoms with E-state index in [9.17, 15) is 19.5 Å². The Morgan fingerprint density at radius 3 is 2.00 bits per heavy atom. The molecule has 8 nitrogen and oxygen atoms in total. The van der Waals surface area contributed by atoms with Crippen LogP contribution >= 0.6 is 0 Å². The Kier molecular flexibility index (Phi) is 6.30. The van der Waals surface area contributed by atoms with Crippen molar-refractivity contribution in [1.29, 1.82) is 0 Å². The van der Waals surface area contributed by atoms with E-state index in [0.29, 0.717) is 34.0 Å². The van der Waals surface area contributed by atoms with E-state index in [1.165, 1.54) is 24.3 Å². The van der Waals surface area contributed by atoms with E-state index in [4.69, 9.17) is 14.8 Å². The fourth-order valence-electron chi connectivity index (χ4n) is 4.47. The quantitative estimate of drug-likeness (QED) is 0.345. The zero-order chi connectivity index (χ0) is 27.0. The molecule has 1 aromatic heterocycles. The third-order valence-corrected chi connectivity index (χ3v) is 6.33. The van der Waals surface area contributed by atoms with Gasteiger partial charge in [0.15, 0.2) is 5.78 Å². The van der Waals surface area contributed by atoms with Gasteiger partial charge in [-0.1, -0.05) is 12.1 Å². The largest absolute Gasteiger partial charge is 0.478 e. The van der Waals surface area contributed by atoms with E-state index >= 15 is 0 Å². The number of carboxylic acid groups (broad SMARTS) is 2.